The van der Waals surface area contributed by atoms with E-state index < -0.39 is 21.9 Å². The molecule has 0 saturated carbocycles. The Labute approximate surface area is 172 Å². The maximum Gasteiger partial charge on any atom is 0.416 e. The summed E-state index contributed by atoms with van der Waals surface area (Å²) in [5.41, 5.74) is 1.16. The van der Waals surface area contributed by atoms with Crippen LogP contribution in [0, 0.1) is 0 Å². The Morgan fingerprint density at radius 3 is 1.97 bits per heavy atom. The van der Waals surface area contributed by atoms with Gasteiger partial charge in [-0.25, -0.2) is 0 Å². The minimum Gasteiger partial charge on any atom is -0.302 e. The van der Waals surface area contributed by atoms with Crippen LogP contribution in [-0.2, 0) is 22.9 Å². The van der Waals surface area contributed by atoms with E-state index in [2.05, 4.69) is 14.8 Å². The fourth-order valence-corrected chi connectivity index (χ4v) is 4.45. The Morgan fingerprint density at radius 1 is 0.867 bits per heavy atom. The zero-order valence-corrected chi connectivity index (χ0v) is 16.4. The molecule has 3 aromatic carbocycles. The lowest BCUT2D eigenvalue weighted by Gasteiger charge is -2.21. The summed E-state index contributed by atoms with van der Waals surface area (Å²) < 4.78 is 68.1. The minimum absolute atomic E-state index is 0.0188. The maximum absolute atomic E-state index is 13.3. The predicted molar refractivity (Wildman–Crippen MR) is 109 cm³/mol. The molecule has 156 valence electrons. The fraction of sp³-hybridized carbons (Fsp3) is 0.143. The van der Waals surface area contributed by atoms with Crippen molar-refractivity contribution in [1.82, 2.24) is 5.32 Å². The van der Waals surface area contributed by atoms with Crippen LogP contribution in [0.2, 0.25) is 0 Å². The first-order valence-electron chi connectivity index (χ1n) is 9.11. The zero-order valence-electron chi connectivity index (χ0n) is 15.6. The van der Waals surface area contributed by atoms with Gasteiger partial charge in [-0.3, -0.25) is 9.44 Å². The van der Waals surface area contributed by atoms with Crippen molar-refractivity contribution in [3.8, 4) is 0 Å². The molecule has 1 heterocycles. The monoisotopic (exact) mass is 433 g/mol. The highest BCUT2D eigenvalue weighted by atomic mass is 32.2. The van der Waals surface area contributed by atoms with Crippen molar-refractivity contribution >= 4 is 21.6 Å². The summed E-state index contributed by atoms with van der Waals surface area (Å²) in [6, 6.07) is 20.4. The average Bonchev–Trinajstić information content (AvgIpc) is 3.03. The number of alkyl halides is 3. The van der Waals surface area contributed by atoms with Crippen LogP contribution in [0.5, 0.6) is 0 Å². The second kappa shape index (κ2) is 7.66. The molecule has 5 nitrogen and oxygen atoms in total. The largest absolute Gasteiger partial charge is 0.416 e. The molecule has 0 fully saturated rings. The van der Waals surface area contributed by atoms with Crippen molar-refractivity contribution in [2.45, 2.75) is 18.8 Å². The summed E-state index contributed by atoms with van der Waals surface area (Å²) in [6.07, 6.45) is -4.60. The van der Waals surface area contributed by atoms with Crippen molar-refractivity contribution in [3.63, 3.8) is 0 Å². The molecule has 9 heteroatoms. The van der Waals surface area contributed by atoms with Gasteiger partial charge in [-0.1, -0.05) is 60.7 Å². The maximum atomic E-state index is 13.3. The van der Waals surface area contributed by atoms with Gasteiger partial charge in [-0.15, -0.1) is 0 Å². The van der Waals surface area contributed by atoms with Crippen LogP contribution in [0.4, 0.5) is 24.5 Å². The van der Waals surface area contributed by atoms with Crippen LogP contribution < -0.4 is 14.8 Å². The van der Waals surface area contributed by atoms with Crippen molar-refractivity contribution in [2.75, 3.05) is 9.44 Å². The van der Waals surface area contributed by atoms with Crippen molar-refractivity contribution < 1.29 is 21.6 Å². The topological polar surface area (TPSA) is 70.2 Å². The van der Waals surface area contributed by atoms with Crippen LogP contribution >= 0.6 is 0 Å². The number of hydrogen-bond donors (Lipinski definition) is 3. The number of nitrogens with one attached hydrogen (secondary N) is 3. The van der Waals surface area contributed by atoms with Gasteiger partial charge in [-0.2, -0.15) is 21.6 Å². The third kappa shape index (κ3) is 4.27. The minimum atomic E-state index is -4.60. The van der Waals surface area contributed by atoms with E-state index in [0.29, 0.717) is 0 Å². The van der Waals surface area contributed by atoms with Crippen LogP contribution in [-0.4, -0.2) is 8.42 Å². The Balaban J connectivity index is 1.70. The molecule has 0 spiro atoms. The van der Waals surface area contributed by atoms with E-state index in [9.17, 15) is 21.6 Å². The van der Waals surface area contributed by atoms with E-state index >= 15 is 0 Å². The van der Waals surface area contributed by atoms with E-state index in [1.807, 2.05) is 60.7 Å². The predicted octanol–water partition coefficient (Wildman–Crippen LogP) is 4.67. The summed E-state index contributed by atoms with van der Waals surface area (Å²) in [7, 11) is -3.93. The molecule has 0 aromatic heterocycles. The molecule has 1 aliphatic heterocycles. The molecule has 0 bridgehead atoms. The van der Waals surface area contributed by atoms with Crippen LogP contribution in [0.1, 0.15) is 28.3 Å². The lowest BCUT2D eigenvalue weighted by Crippen LogP contribution is -2.23. The first-order chi connectivity index (χ1) is 14.2. The standard InChI is InChI=1S/C21H18F3N3O2S/c22-21(23,24)17-11-16(20-18(12-17)26-30(28,29)27-20)13-25-19(14-7-3-1-4-8-14)15-9-5-2-6-10-15/h1-12,19,25-27H,13H2. The van der Waals surface area contributed by atoms with Gasteiger partial charge in [0.2, 0.25) is 0 Å². The van der Waals surface area contributed by atoms with E-state index in [1.54, 1.807) is 0 Å². The van der Waals surface area contributed by atoms with Gasteiger partial charge in [0.1, 0.15) is 0 Å². The molecule has 4 rings (SSSR count). The quantitative estimate of drug-likeness (QED) is 0.548. The van der Waals surface area contributed by atoms with Gasteiger partial charge in [-0.05, 0) is 28.8 Å². The van der Waals surface area contributed by atoms with Crippen LogP contribution in [0.25, 0.3) is 0 Å². The molecule has 3 aromatic rings. The van der Waals surface area contributed by atoms with Gasteiger partial charge in [0.25, 0.3) is 0 Å². The number of benzene rings is 3. The van der Waals surface area contributed by atoms with Crippen LogP contribution in [0.15, 0.2) is 72.8 Å². The molecule has 0 atom stereocenters. The van der Waals surface area contributed by atoms with Crippen molar-refractivity contribution in [1.29, 1.82) is 0 Å². The van der Waals surface area contributed by atoms with E-state index in [4.69, 9.17) is 0 Å². The molecule has 3 N–H and O–H groups in total. The number of fused-ring (bicyclic) bond motifs is 1. The van der Waals surface area contributed by atoms with Gasteiger partial charge >= 0.3 is 16.4 Å². The second-order valence-electron chi connectivity index (χ2n) is 6.90. The van der Waals surface area contributed by atoms with Gasteiger partial charge in [0.05, 0.1) is 23.0 Å². The summed E-state index contributed by atoms with van der Waals surface area (Å²) in [5.74, 6) is 0. The van der Waals surface area contributed by atoms with Gasteiger partial charge in [0.15, 0.2) is 0 Å². The first-order valence-corrected chi connectivity index (χ1v) is 10.6. The lowest BCUT2D eigenvalue weighted by molar-refractivity contribution is -0.137. The second-order valence-corrected chi connectivity index (χ2v) is 8.31. The number of rotatable bonds is 5. The SMILES string of the molecule is O=S1(=O)Nc2cc(C(F)(F)F)cc(CNC(c3ccccc3)c3ccccc3)c2N1. The Kier molecular flexibility index (Phi) is 5.17. The summed E-state index contributed by atoms with van der Waals surface area (Å²) in [5, 5.41) is 3.27. The molecule has 1 aliphatic rings. The van der Waals surface area contributed by atoms with Crippen molar-refractivity contribution in [3.05, 3.63) is 95.1 Å². The van der Waals surface area contributed by atoms with Crippen molar-refractivity contribution in [2.24, 2.45) is 0 Å². The van der Waals surface area contributed by atoms with E-state index in [-0.39, 0.29) is 29.5 Å². The third-order valence-corrected chi connectivity index (χ3v) is 5.75. The van der Waals surface area contributed by atoms with Gasteiger partial charge in [0, 0.05) is 6.54 Å². The Hall–Kier alpha value is -3.04. The normalized spacial score (nSPS) is 14.8. The highest BCUT2D eigenvalue weighted by Crippen LogP contribution is 2.40. The highest BCUT2D eigenvalue weighted by molar-refractivity contribution is 7.94. The molecule has 0 unspecified atom stereocenters. The number of anilines is 2. The average molecular weight is 433 g/mol. The summed E-state index contributed by atoms with van der Waals surface area (Å²) in [6.45, 7) is 0.0188. The van der Waals surface area contributed by atoms with Gasteiger partial charge < -0.3 is 5.32 Å². The lowest BCUT2D eigenvalue weighted by atomic mass is 9.98. The third-order valence-electron chi connectivity index (χ3n) is 4.79. The van der Waals surface area contributed by atoms with E-state index in [1.165, 1.54) is 0 Å². The fourth-order valence-electron chi connectivity index (χ4n) is 3.44. The molecule has 30 heavy (non-hydrogen) atoms. The smallest absolute Gasteiger partial charge is 0.302 e. The molecule has 0 amide bonds. The molecular formula is C21H18F3N3O2S. The number of hydrogen-bond acceptors (Lipinski definition) is 3. The molecular weight excluding hydrogens is 415 g/mol. The Bertz CT molecular complexity index is 1110. The molecule has 0 saturated heterocycles. The summed E-state index contributed by atoms with van der Waals surface area (Å²) >= 11 is 0. The molecule has 0 aliphatic carbocycles. The number of halogens is 3. The summed E-state index contributed by atoms with van der Waals surface area (Å²) in [4.78, 5) is 0. The molecule has 0 radical (unpaired) electrons. The van der Waals surface area contributed by atoms with E-state index in [0.717, 1.165) is 23.3 Å². The van der Waals surface area contributed by atoms with Crippen LogP contribution in [0.3, 0.4) is 0 Å². The highest BCUT2D eigenvalue weighted by Gasteiger charge is 2.35. The first kappa shape index (κ1) is 20.2. The zero-order chi connectivity index (χ0) is 21.4. The Morgan fingerprint density at radius 2 is 1.43 bits per heavy atom.